The first-order valence-electron chi connectivity index (χ1n) is 5.82. The Morgan fingerprint density at radius 2 is 2.21 bits per heavy atom. The molecular formula is C12H16N4O2S. The fourth-order valence-corrected chi connectivity index (χ4v) is 2.72. The minimum Gasteiger partial charge on any atom is -0.399 e. The summed E-state index contributed by atoms with van der Waals surface area (Å²) in [6, 6.07) is 6.20. The lowest BCUT2D eigenvalue weighted by atomic mass is 10.3. The molecule has 1 aromatic heterocycles. The van der Waals surface area contributed by atoms with Crippen molar-refractivity contribution in [1.82, 2.24) is 14.5 Å². The van der Waals surface area contributed by atoms with E-state index in [1.807, 2.05) is 13.1 Å². The highest BCUT2D eigenvalue weighted by atomic mass is 32.2. The third-order valence-corrected chi connectivity index (χ3v) is 4.02. The number of nitrogen functional groups attached to an aromatic ring is 1. The number of rotatable bonds is 5. The first-order valence-corrected chi connectivity index (χ1v) is 7.30. The van der Waals surface area contributed by atoms with E-state index in [9.17, 15) is 8.42 Å². The van der Waals surface area contributed by atoms with Gasteiger partial charge in [0.1, 0.15) is 0 Å². The maximum atomic E-state index is 12.0. The standard InChI is InChI=1S/C12H16N4O2S/c1-10-8-14-16(9-10)6-5-15-19(17,18)12-4-2-3-11(13)7-12/h2-4,7-9,15H,5-6,13H2,1H3. The highest BCUT2D eigenvalue weighted by Crippen LogP contribution is 2.12. The van der Waals surface area contributed by atoms with Crippen molar-refractivity contribution < 1.29 is 8.42 Å². The molecule has 0 radical (unpaired) electrons. The Balaban J connectivity index is 1.98. The minimum absolute atomic E-state index is 0.171. The van der Waals surface area contributed by atoms with E-state index >= 15 is 0 Å². The molecule has 0 amide bonds. The number of benzene rings is 1. The number of hydrogen-bond donors (Lipinski definition) is 2. The van der Waals surface area contributed by atoms with E-state index in [1.165, 1.54) is 12.1 Å². The second-order valence-corrected chi connectivity index (χ2v) is 6.02. The van der Waals surface area contributed by atoms with Gasteiger partial charge in [-0.2, -0.15) is 5.10 Å². The summed E-state index contributed by atoms with van der Waals surface area (Å²) in [5.74, 6) is 0. The van der Waals surface area contributed by atoms with Crippen molar-refractivity contribution in [3.8, 4) is 0 Å². The first-order chi connectivity index (χ1) is 8.97. The normalized spacial score (nSPS) is 11.6. The van der Waals surface area contributed by atoms with Crippen LogP contribution in [0.3, 0.4) is 0 Å². The molecule has 19 heavy (non-hydrogen) atoms. The fraction of sp³-hybridized carbons (Fsp3) is 0.250. The molecule has 6 nitrogen and oxygen atoms in total. The first kappa shape index (κ1) is 13.6. The van der Waals surface area contributed by atoms with Crippen LogP contribution in [0.4, 0.5) is 5.69 Å². The van der Waals surface area contributed by atoms with Crippen molar-refractivity contribution in [2.75, 3.05) is 12.3 Å². The van der Waals surface area contributed by atoms with Gasteiger partial charge in [0.15, 0.2) is 0 Å². The molecule has 3 N–H and O–H groups in total. The van der Waals surface area contributed by atoms with Crippen LogP contribution < -0.4 is 10.5 Å². The number of nitrogens with zero attached hydrogens (tertiary/aromatic N) is 2. The molecule has 2 rings (SSSR count). The number of nitrogens with one attached hydrogen (secondary N) is 1. The topological polar surface area (TPSA) is 90.0 Å². The van der Waals surface area contributed by atoms with Gasteiger partial charge in [0.2, 0.25) is 10.0 Å². The molecule has 0 bridgehead atoms. The van der Waals surface area contributed by atoms with Gasteiger partial charge in [0.25, 0.3) is 0 Å². The van der Waals surface area contributed by atoms with Gasteiger partial charge >= 0.3 is 0 Å². The smallest absolute Gasteiger partial charge is 0.240 e. The third-order valence-electron chi connectivity index (χ3n) is 2.56. The average Bonchev–Trinajstić information content (AvgIpc) is 2.75. The number of sulfonamides is 1. The third kappa shape index (κ3) is 3.55. The van der Waals surface area contributed by atoms with Gasteiger partial charge < -0.3 is 5.73 Å². The summed E-state index contributed by atoms with van der Waals surface area (Å²) < 4.78 is 28.2. The molecule has 0 unspecified atom stereocenters. The van der Waals surface area contributed by atoms with Gasteiger partial charge in [0.05, 0.1) is 17.6 Å². The molecule has 1 aromatic carbocycles. The van der Waals surface area contributed by atoms with E-state index in [0.29, 0.717) is 12.2 Å². The van der Waals surface area contributed by atoms with E-state index in [-0.39, 0.29) is 11.4 Å². The molecule has 1 heterocycles. The maximum Gasteiger partial charge on any atom is 0.240 e. The van der Waals surface area contributed by atoms with Gasteiger partial charge in [-0.05, 0) is 30.7 Å². The van der Waals surface area contributed by atoms with Crippen molar-refractivity contribution >= 4 is 15.7 Å². The molecule has 0 aliphatic carbocycles. The monoisotopic (exact) mass is 280 g/mol. The van der Waals surface area contributed by atoms with Gasteiger partial charge in [-0.15, -0.1) is 0 Å². The van der Waals surface area contributed by atoms with Crippen LogP contribution in [-0.4, -0.2) is 24.7 Å². The van der Waals surface area contributed by atoms with Crippen molar-refractivity contribution in [2.24, 2.45) is 0 Å². The summed E-state index contributed by atoms with van der Waals surface area (Å²) in [6.45, 7) is 2.69. The quantitative estimate of drug-likeness (QED) is 0.791. The molecule has 2 aromatic rings. The zero-order chi connectivity index (χ0) is 13.9. The van der Waals surface area contributed by atoms with Crippen LogP contribution in [0, 0.1) is 6.92 Å². The largest absolute Gasteiger partial charge is 0.399 e. The van der Waals surface area contributed by atoms with E-state index in [0.717, 1.165) is 5.56 Å². The lowest BCUT2D eigenvalue weighted by Crippen LogP contribution is -2.27. The van der Waals surface area contributed by atoms with Crippen molar-refractivity contribution in [3.63, 3.8) is 0 Å². The van der Waals surface area contributed by atoms with Crippen LogP contribution in [0.15, 0.2) is 41.6 Å². The number of aryl methyl sites for hydroxylation is 1. The van der Waals surface area contributed by atoms with Crippen molar-refractivity contribution in [3.05, 3.63) is 42.2 Å². The van der Waals surface area contributed by atoms with Crippen LogP contribution in [-0.2, 0) is 16.6 Å². The second kappa shape index (κ2) is 5.41. The Hall–Kier alpha value is -1.86. The summed E-state index contributed by atoms with van der Waals surface area (Å²) in [6.07, 6.45) is 3.58. The highest BCUT2D eigenvalue weighted by Gasteiger charge is 2.13. The number of nitrogens with two attached hydrogens (primary N) is 1. The molecule has 0 saturated heterocycles. The molecule has 7 heteroatoms. The summed E-state index contributed by atoms with van der Waals surface area (Å²) in [5, 5.41) is 4.08. The van der Waals surface area contributed by atoms with E-state index < -0.39 is 10.0 Å². The number of anilines is 1. The zero-order valence-corrected chi connectivity index (χ0v) is 11.4. The summed E-state index contributed by atoms with van der Waals surface area (Å²) in [7, 11) is -3.52. The molecule has 0 spiro atoms. The van der Waals surface area contributed by atoms with Crippen LogP contribution in [0.2, 0.25) is 0 Å². The molecule has 0 saturated carbocycles. The Kier molecular flexibility index (Phi) is 3.87. The highest BCUT2D eigenvalue weighted by molar-refractivity contribution is 7.89. The zero-order valence-electron chi connectivity index (χ0n) is 10.6. The number of hydrogen-bond acceptors (Lipinski definition) is 4. The van der Waals surface area contributed by atoms with E-state index in [4.69, 9.17) is 5.73 Å². The lowest BCUT2D eigenvalue weighted by molar-refractivity contribution is 0.561. The average molecular weight is 280 g/mol. The lowest BCUT2D eigenvalue weighted by Gasteiger charge is -2.07. The predicted octanol–water partition coefficient (Wildman–Crippen LogP) is 0.752. The molecule has 0 aliphatic heterocycles. The summed E-state index contributed by atoms with van der Waals surface area (Å²) >= 11 is 0. The van der Waals surface area contributed by atoms with Crippen molar-refractivity contribution in [2.45, 2.75) is 18.4 Å². The van der Waals surface area contributed by atoms with Gasteiger partial charge in [0, 0.05) is 18.4 Å². The van der Waals surface area contributed by atoms with E-state index in [2.05, 4.69) is 9.82 Å². The predicted molar refractivity (Wildman–Crippen MR) is 73.0 cm³/mol. The Morgan fingerprint density at radius 3 is 2.84 bits per heavy atom. The number of aromatic nitrogens is 2. The Bertz CT molecular complexity index is 664. The minimum atomic E-state index is -3.52. The van der Waals surface area contributed by atoms with Crippen molar-refractivity contribution in [1.29, 1.82) is 0 Å². The summed E-state index contributed by atoms with van der Waals surface area (Å²) in [4.78, 5) is 0.171. The van der Waals surface area contributed by atoms with Gasteiger partial charge in [-0.25, -0.2) is 13.1 Å². The molecule has 0 fully saturated rings. The van der Waals surface area contributed by atoms with Gasteiger partial charge in [-0.3, -0.25) is 4.68 Å². The van der Waals surface area contributed by atoms with Crippen LogP contribution >= 0.6 is 0 Å². The Morgan fingerprint density at radius 1 is 1.42 bits per heavy atom. The Labute approximate surface area is 112 Å². The molecular weight excluding hydrogens is 264 g/mol. The van der Waals surface area contributed by atoms with E-state index in [1.54, 1.807) is 23.0 Å². The van der Waals surface area contributed by atoms with Gasteiger partial charge in [-0.1, -0.05) is 6.07 Å². The SMILES string of the molecule is Cc1cnn(CCNS(=O)(=O)c2cccc(N)c2)c1. The van der Waals surface area contributed by atoms with Crippen LogP contribution in [0.25, 0.3) is 0 Å². The van der Waals surface area contributed by atoms with Crippen LogP contribution in [0.5, 0.6) is 0 Å². The fourth-order valence-electron chi connectivity index (χ4n) is 1.65. The van der Waals surface area contributed by atoms with Crippen LogP contribution in [0.1, 0.15) is 5.56 Å². The molecule has 102 valence electrons. The molecule has 0 atom stereocenters. The molecule has 0 aliphatic rings. The summed E-state index contributed by atoms with van der Waals surface area (Å²) in [5.41, 5.74) is 7.03. The maximum absolute atomic E-state index is 12.0. The second-order valence-electron chi connectivity index (χ2n) is 4.25.